The highest BCUT2D eigenvalue weighted by atomic mass is 35.5. The lowest BCUT2D eigenvalue weighted by Gasteiger charge is -2.11. The van der Waals surface area contributed by atoms with Crippen LogP contribution >= 0.6 is 34.8 Å². The lowest BCUT2D eigenvalue weighted by atomic mass is 10.0. The van der Waals surface area contributed by atoms with Crippen molar-refractivity contribution in [3.63, 3.8) is 0 Å². The smallest absolute Gasteiger partial charge is 0.0625 e. The maximum Gasteiger partial charge on any atom is 0.0625 e. The average molecular weight is 314 g/mol. The maximum absolute atomic E-state index is 6.45. The fourth-order valence-corrected chi connectivity index (χ4v) is 2.60. The monoisotopic (exact) mass is 312 g/mol. The first kappa shape index (κ1) is 14.7. The quantitative estimate of drug-likeness (QED) is 0.600. The van der Waals surface area contributed by atoms with Crippen LogP contribution < -0.4 is 0 Å². The van der Waals surface area contributed by atoms with Crippen molar-refractivity contribution in [2.24, 2.45) is 0 Å². The van der Waals surface area contributed by atoms with E-state index in [1.54, 1.807) is 0 Å². The normalized spacial score (nSPS) is 12.4. The number of aryl methyl sites for hydroxylation is 1. The topological polar surface area (TPSA) is 0 Å². The van der Waals surface area contributed by atoms with Crippen molar-refractivity contribution in [2.75, 3.05) is 0 Å². The van der Waals surface area contributed by atoms with Gasteiger partial charge in [0, 0.05) is 0 Å². The van der Waals surface area contributed by atoms with Gasteiger partial charge in [-0.2, -0.15) is 0 Å². The van der Waals surface area contributed by atoms with E-state index in [1.165, 1.54) is 5.56 Å². The molecule has 0 aliphatic carbocycles. The fourth-order valence-electron chi connectivity index (χ4n) is 1.95. The van der Waals surface area contributed by atoms with Crippen molar-refractivity contribution < 1.29 is 0 Å². The number of benzene rings is 2. The highest BCUT2D eigenvalue weighted by Gasteiger charge is 2.10. The first-order valence-corrected chi connectivity index (χ1v) is 7.46. The Morgan fingerprint density at radius 2 is 1.53 bits per heavy atom. The molecular formula is C16H15Cl3. The van der Waals surface area contributed by atoms with Crippen molar-refractivity contribution in [2.45, 2.75) is 25.1 Å². The molecule has 0 fully saturated rings. The molecular weight excluding hydrogens is 299 g/mol. The minimum Gasteiger partial charge on any atom is -0.117 e. The lowest BCUT2D eigenvalue weighted by Crippen LogP contribution is -1.96. The zero-order valence-corrected chi connectivity index (χ0v) is 12.9. The van der Waals surface area contributed by atoms with Gasteiger partial charge in [0.25, 0.3) is 0 Å². The summed E-state index contributed by atoms with van der Waals surface area (Å²) in [5, 5.41) is 1.09. The van der Waals surface area contributed by atoms with Gasteiger partial charge >= 0.3 is 0 Å². The Hall–Kier alpha value is -0.690. The predicted molar refractivity (Wildman–Crippen MR) is 84.6 cm³/mol. The molecule has 0 N–H and O–H groups in total. The number of halogens is 3. The largest absolute Gasteiger partial charge is 0.117 e. The highest BCUT2D eigenvalue weighted by Crippen LogP contribution is 2.29. The second-order valence-corrected chi connectivity index (χ2v) is 5.86. The summed E-state index contributed by atoms with van der Waals surface area (Å²) >= 11 is 18.4. The molecule has 0 bridgehead atoms. The fraction of sp³-hybridized carbons (Fsp3) is 0.250. The summed E-state index contributed by atoms with van der Waals surface area (Å²) in [5.41, 5.74) is 3.54. The molecule has 0 radical (unpaired) electrons. The van der Waals surface area contributed by atoms with Crippen LogP contribution in [0, 0.1) is 0 Å². The first-order valence-electron chi connectivity index (χ1n) is 6.27. The third kappa shape index (κ3) is 3.89. The molecule has 2 aromatic carbocycles. The number of alkyl halides is 1. The standard InChI is InChI=1S/C16H15Cl3/c1-2-11-3-6-13(7-4-11)15(18)9-12-5-8-14(17)16(19)10-12/h3-8,10,15H,2,9H2,1H3. The second-order valence-electron chi connectivity index (χ2n) is 4.52. The summed E-state index contributed by atoms with van der Waals surface area (Å²) in [6.07, 6.45) is 1.78. The Bertz CT molecular complexity index is 546. The Labute approximate surface area is 129 Å². The van der Waals surface area contributed by atoms with Gasteiger partial charge in [0.1, 0.15) is 0 Å². The van der Waals surface area contributed by atoms with E-state index in [0.29, 0.717) is 10.0 Å². The van der Waals surface area contributed by atoms with Crippen LogP contribution in [0.2, 0.25) is 10.0 Å². The van der Waals surface area contributed by atoms with Crippen LogP contribution in [0.1, 0.15) is 29.0 Å². The first-order chi connectivity index (χ1) is 9.10. The Kier molecular flexibility index (Phi) is 5.15. The van der Waals surface area contributed by atoms with Crippen LogP contribution in [0.15, 0.2) is 42.5 Å². The van der Waals surface area contributed by atoms with E-state index in [1.807, 2.05) is 18.2 Å². The molecule has 1 unspecified atom stereocenters. The Balaban J connectivity index is 2.10. The molecule has 0 aromatic heterocycles. The molecule has 19 heavy (non-hydrogen) atoms. The minimum absolute atomic E-state index is 0.0526. The van der Waals surface area contributed by atoms with Gasteiger partial charge < -0.3 is 0 Å². The van der Waals surface area contributed by atoms with Gasteiger partial charge in [-0.25, -0.2) is 0 Å². The third-order valence-electron chi connectivity index (χ3n) is 3.15. The average Bonchev–Trinajstić information content (AvgIpc) is 2.43. The van der Waals surface area contributed by atoms with Crippen molar-refractivity contribution in [3.05, 3.63) is 69.2 Å². The summed E-state index contributed by atoms with van der Waals surface area (Å²) < 4.78 is 0. The molecule has 0 nitrogen and oxygen atoms in total. The van der Waals surface area contributed by atoms with Crippen LogP contribution in [0.25, 0.3) is 0 Å². The van der Waals surface area contributed by atoms with Gasteiger partial charge in [-0.1, -0.05) is 60.5 Å². The van der Waals surface area contributed by atoms with E-state index in [-0.39, 0.29) is 5.38 Å². The molecule has 100 valence electrons. The van der Waals surface area contributed by atoms with E-state index in [4.69, 9.17) is 34.8 Å². The van der Waals surface area contributed by atoms with E-state index >= 15 is 0 Å². The van der Waals surface area contributed by atoms with Gasteiger partial charge in [-0.05, 0) is 41.7 Å². The summed E-state index contributed by atoms with van der Waals surface area (Å²) in [5.74, 6) is 0. The van der Waals surface area contributed by atoms with Crippen LogP contribution in [0.3, 0.4) is 0 Å². The molecule has 0 heterocycles. The molecule has 0 saturated carbocycles. The molecule has 0 saturated heterocycles. The minimum atomic E-state index is -0.0526. The van der Waals surface area contributed by atoms with Crippen molar-refractivity contribution in [1.82, 2.24) is 0 Å². The molecule has 0 spiro atoms. The summed E-state index contributed by atoms with van der Waals surface area (Å²) in [6, 6.07) is 14.1. The van der Waals surface area contributed by atoms with E-state index in [0.717, 1.165) is 24.0 Å². The van der Waals surface area contributed by atoms with Gasteiger partial charge in [-0.15, -0.1) is 11.6 Å². The second kappa shape index (κ2) is 6.65. The zero-order valence-electron chi connectivity index (χ0n) is 10.7. The lowest BCUT2D eigenvalue weighted by molar-refractivity contribution is 0.918. The van der Waals surface area contributed by atoms with Gasteiger partial charge in [0.2, 0.25) is 0 Å². The van der Waals surface area contributed by atoms with Gasteiger partial charge in [-0.3, -0.25) is 0 Å². The van der Waals surface area contributed by atoms with Crippen LogP contribution in [0.5, 0.6) is 0 Å². The molecule has 3 heteroatoms. The number of rotatable bonds is 4. The van der Waals surface area contributed by atoms with Gasteiger partial charge in [0.05, 0.1) is 15.4 Å². The number of hydrogen-bond acceptors (Lipinski definition) is 0. The van der Waals surface area contributed by atoms with Crippen LogP contribution in [-0.2, 0) is 12.8 Å². The molecule has 0 aliphatic heterocycles. The van der Waals surface area contributed by atoms with Crippen LogP contribution in [-0.4, -0.2) is 0 Å². The highest BCUT2D eigenvalue weighted by molar-refractivity contribution is 6.42. The SMILES string of the molecule is CCc1ccc(C(Cl)Cc2ccc(Cl)c(Cl)c2)cc1. The van der Waals surface area contributed by atoms with Crippen molar-refractivity contribution in [3.8, 4) is 0 Å². The Morgan fingerprint density at radius 3 is 2.11 bits per heavy atom. The van der Waals surface area contributed by atoms with Gasteiger partial charge in [0.15, 0.2) is 0 Å². The molecule has 2 rings (SSSR count). The number of hydrogen-bond donors (Lipinski definition) is 0. The predicted octanol–water partition coefficient (Wildman–Crippen LogP) is 6.08. The molecule has 2 aromatic rings. The molecule has 1 atom stereocenters. The molecule has 0 aliphatic rings. The zero-order chi connectivity index (χ0) is 13.8. The Morgan fingerprint density at radius 1 is 0.895 bits per heavy atom. The third-order valence-corrected chi connectivity index (χ3v) is 4.29. The summed E-state index contributed by atoms with van der Waals surface area (Å²) in [7, 11) is 0. The van der Waals surface area contributed by atoms with Crippen molar-refractivity contribution >= 4 is 34.8 Å². The summed E-state index contributed by atoms with van der Waals surface area (Å²) in [6.45, 7) is 2.14. The van der Waals surface area contributed by atoms with E-state index in [9.17, 15) is 0 Å². The summed E-state index contributed by atoms with van der Waals surface area (Å²) in [4.78, 5) is 0. The maximum atomic E-state index is 6.45. The van der Waals surface area contributed by atoms with Crippen molar-refractivity contribution in [1.29, 1.82) is 0 Å². The van der Waals surface area contributed by atoms with E-state index in [2.05, 4.69) is 31.2 Å². The van der Waals surface area contributed by atoms with E-state index < -0.39 is 0 Å². The van der Waals surface area contributed by atoms with Crippen LogP contribution in [0.4, 0.5) is 0 Å². The molecule has 0 amide bonds.